The Morgan fingerprint density at radius 2 is 2.00 bits per heavy atom. The van der Waals surface area contributed by atoms with Crippen LogP contribution in [-0.2, 0) is 13.5 Å². The van der Waals surface area contributed by atoms with Crippen LogP contribution in [0.25, 0.3) is 5.69 Å². The Labute approximate surface area is 171 Å². The van der Waals surface area contributed by atoms with Crippen LogP contribution in [0.15, 0.2) is 48.8 Å². The van der Waals surface area contributed by atoms with Crippen LogP contribution < -0.4 is 5.32 Å². The van der Waals surface area contributed by atoms with Crippen LogP contribution in [0.4, 0.5) is 0 Å². The summed E-state index contributed by atoms with van der Waals surface area (Å²) in [5, 5.41) is 8.23. The molecule has 2 heterocycles. The molecule has 0 aliphatic rings. The molecule has 0 saturated carbocycles. The van der Waals surface area contributed by atoms with E-state index in [1.165, 1.54) is 5.69 Å². The highest BCUT2D eigenvalue weighted by molar-refractivity contribution is 6.30. The molecule has 28 heavy (non-hydrogen) atoms. The Morgan fingerprint density at radius 3 is 2.64 bits per heavy atom. The first kappa shape index (κ1) is 20.2. The highest BCUT2D eigenvalue weighted by Gasteiger charge is 2.22. The predicted octanol–water partition coefficient (Wildman–Crippen LogP) is 4.74. The van der Waals surface area contributed by atoms with Gasteiger partial charge in [0, 0.05) is 30.0 Å². The number of rotatable bonds is 7. The van der Waals surface area contributed by atoms with Gasteiger partial charge in [-0.3, -0.25) is 4.79 Å². The molecule has 1 N–H and O–H groups in total. The van der Waals surface area contributed by atoms with Crippen molar-refractivity contribution in [3.8, 4) is 5.69 Å². The third-order valence-electron chi connectivity index (χ3n) is 4.91. The fourth-order valence-corrected chi connectivity index (χ4v) is 3.58. The smallest absolute Gasteiger partial charge is 0.254 e. The van der Waals surface area contributed by atoms with E-state index < -0.39 is 0 Å². The zero-order chi connectivity index (χ0) is 20.3. The van der Waals surface area contributed by atoms with Gasteiger partial charge in [0.2, 0.25) is 0 Å². The fourth-order valence-electron chi connectivity index (χ4n) is 3.40. The van der Waals surface area contributed by atoms with Gasteiger partial charge in [0.05, 0.1) is 23.1 Å². The number of nitrogens with zero attached hydrogens (tertiary/aromatic N) is 3. The van der Waals surface area contributed by atoms with Gasteiger partial charge in [-0.05, 0) is 56.0 Å². The third-order valence-corrected chi connectivity index (χ3v) is 5.15. The third kappa shape index (κ3) is 4.47. The second-order valence-corrected chi connectivity index (χ2v) is 7.95. The van der Waals surface area contributed by atoms with Gasteiger partial charge in [0.25, 0.3) is 5.91 Å². The van der Waals surface area contributed by atoms with Crippen molar-refractivity contribution < 1.29 is 4.79 Å². The second-order valence-electron chi connectivity index (χ2n) is 7.51. The first-order valence-corrected chi connectivity index (χ1v) is 9.99. The van der Waals surface area contributed by atoms with E-state index in [0.29, 0.717) is 10.6 Å². The van der Waals surface area contributed by atoms with Crippen LogP contribution in [0, 0.1) is 0 Å². The minimum absolute atomic E-state index is 0.0666. The Kier molecular flexibility index (Phi) is 6.25. The minimum Gasteiger partial charge on any atom is -0.354 e. The molecule has 5 nitrogen and oxygen atoms in total. The first-order valence-electron chi connectivity index (χ1n) is 9.61. The average Bonchev–Trinajstić information content (AvgIpc) is 3.26. The Bertz CT molecular complexity index is 957. The van der Waals surface area contributed by atoms with Gasteiger partial charge in [-0.15, -0.1) is 0 Å². The van der Waals surface area contributed by atoms with E-state index in [9.17, 15) is 4.79 Å². The van der Waals surface area contributed by atoms with Crippen LogP contribution in [0.3, 0.4) is 0 Å². The number of amides is 1. The molecule has 0 bridgehead atoms. The van der Waals surface area contributed by atoms with Crippen LogP contribution in [-0.4, -0.2) is 26.3 Å². The van der Waals surface area contributed by atoms with Crippen molar-refractivity contribution in [1.82, 2.24) is 19.7 Å². The van der Waals surface area contributed by atoms with Crippen molar-refractivity contribution in [2.24, 2.45) is 7.05 Å². The number of hydrogen-bond donors (Lipinski definition) is 1. The van der Waals surface area contributed by atoms with Gasteiger partial charge >= 0.3 is 0 Å². The molecule has 2 aromatic heterocycles. The molecule has 0 fully saturated rings. The van der Waals surface area contributed by atoms with Crippen molar-refractivity contribution in [2.45, 2.75) is 45.6 Å². The molecule has 1 aromatic carbocycles. The summed E-state index contributed by atoms with van der Waals surface area (Å²) in [5.74, 6) is 0.0530. The molecule has 0 unspecified atom stereocenters. The maximum atomic E-state index is 12.9. The number of aromatic nitrogens is 3. The number of nitrogens with one attached hydrogen (secondary N) is 1. The Hall–Kier alpha value is -2.53. The first-order chi connectivity index (χ1) is 13.4. The Morgan fingerprint density at radius 1 is 1.21 bits per heavy atom. The molecule has 0 saturated heterocycles. The monoisotopic (exact) mass is 398 g/mol. The zero-order valence-corrected chi connectivity index (χ0v) is 17.6. The standard InChI is InChI=1S/C22H27ClN4O/c1-15(2)21-20(14-24-27(21)19-8-5-7-17(23)13-19)22(28)25-16(3)10-11-18-9-6-12-26(18)4/h5-9,12-16H,10-11H2,1-4H3,(H,25,28)/t16-/m0/s1. The Balaban J connectivity index is 1.75. The molecule has 0 spiro atoms. The number of carbonyl (C=O) groups is 1. The van der Waals surface area contributed by atoms with E-state index in [4.69, 9.17) is 11.6 Å². The van der Waals surface area contributed by atoms with Gasteiger partial charge in [-0.2, -0.15) is 5.10 Å². The minimum atomic E-state index is -0.0867. The van der Waals surface area contributed by atoms with Crippen LogP contribution in [0.1, 0.15) is 54.9 Å². The van der Waals surface area contributed by atoms with E-state index in [2.05, 4.69) is 34.9 Å². The van der Waals surface area contributed by atoms with Gasteiger partial charge in [0.1, 0.15) is 0 Å². The molecular formula is C22H27ClN4O. The van der Waals surface area contributed by atoms with Gasteiger partial charge < -0.3 is 9.88 Å². The fraction of sp³-hybridized carbons (Fsp3) is 0.364. The maximum Gasteiger partial charge on any atom is 0.254 e. The summed E-state index contributed by atoms with van der Waals surface area (Å²) in [6.45, 7) is 6.17. The second kappa shape index (κ2) is 8.65. The van der Waals surface area contributed by atoms with E-state index in [0.717, 1.165) is 24.2 Å². The van der Waals surface area contributed by atoms with Crippen molar-refractivity contribution in [3.05, 3.63) is 70.8 Å². The SMILES string of the molecule is CC(C)c1c(C(=O)N[C@@H](C)CCc2cccn2C)cnn1-c1cccc(Cl)c1. The summed E-state index contributed by atoms with van der Waals surface area (Å²) >= 11 is 6.13. The largest absolute Gasteiger partial charge is 0.354 e. The highest BCUT2D eigenvalue weighted by Crippen LogP contribution is 2.24. The number of halogens is 1. The summed E-state index contributed by atoms with van der Waals surface area (Å²) in [6, 6.07) is 11.7. The lowest BCUT2D eigenvalue weighted by Crippen LogP contribution is -2.33. The molecule has 1 atom stereocenters. The molecule has 1 amide bonds. The molecular weight excluding hydrogens is 372 g/mol. The summed E-state index contributed by atoms with van der Waals surface area (Å²) < 4.78 is 3.92. The normalized spacial score (nSPS) is 12.4. The zero-order valence-electron chi connectivity index (χ0n) is 16.8. The van der Waals surface area contributed by atoms with Crippen molar-refractivity contribution >= 4 is 17.5 Å². The van der Waals surface area contributed by atoms with E-state index in [1.807, 2.05) is 50.5 Å². The molecule has 6 heteroatoms. The quantitative estimate of drug-likeness (QED) is 0.625. The lowest BCUT2D eigenvalue weighted by Gasteiger charge is -2.16. The number of aryl methyl sites for hydroxylation is 2. The molecule has 0 radical (unpaired) electrons. The van der Waals surface area contributed by atoms with Crippen LogP contribution in [0.5, 0.6) is 0 Å². The molecule has 0 aliphatic heterocycles. The molecule has 3 aromatic rings. The maximum absolute atomic E-state index is 12.9. The van der Waals surface area contributed by atoms with E-state index in [-0.39, 0.29) is 17.9 Å². The predicted molar refractivity (Wildman–Crippen MR) is 113 cm³/mol. The number of carbonyl (C=O) groups excluding carboxylic acids is 1. The van der Waals surface area contributed by atoms with Gasteiger partial charge in [0.15, 0.2) is 0 Å². The van der Waals surface area contributed by atoms with Crippen molar-refractivity contribution in [1.29, 1.82) is 0 Å². The van der Waals surface area contributed by atoms with Crippen molar-refractivity contribution in [2.75, 3.05) is 0 Å². The van der Waals surface area contributed by atoms with E-state index >= 15 is 0 Å². The van der Waals surface area contributed by atoms with Crippen molar-refractivity contribution in [3.63, 3.8) is 0 Å². The summed E-state index contributed by atoms with van der Waals surface area (Å²) in [7, 11) is 2.04. The molecule has 0 aliphatic carbocycles. The lowest BCUT2D eigenvalue weighted by molar-refractivity contribution is 0.0937. The molecule has 3 rings (SSSR count). The number of benzene rings is 1. The summed E-state index contributed by atoms with van der Waals surface area (Å²) in [4.78, 5) is 12.9. The van der Waals surface area contributed by atoms with Gasteiger partial charge in [-0.1, -0.05) is 31.5 Å². The topological polar surface area (TPSA) is 51.9 Å². The van der Waals surface area contributed by atoms with Crippen LogP contribution >= 0.6 is 11.6 Å². The molecule has 148 valence electrons. The highest BCUT2D eigenvalue weighted by atomic mass is 35.5. The van der Waals surface area contributed by atoms with Crippen LogP contribution in [0.2, 0.25) is 5.02 Å². The number of hydrogen-bond acceptors (Lipinski definition) is 2. The lowest BCUT2D eigenvalue weighted by atomic mass is 10.0. The average molecular weight is 399 g/mol. The van der Waals surface area contributed by atoms with Gasteiger partial charge in [-0.25, -0.2) is 4.68 Å². The summed E-state index contributed by atoms with van der Waals surface area (Å²) in [5.41, 5.74) is 3.61. The van der Waals surface area contributed by atoms with E-state index in [1.54, 1.807) is 10.9 Å². The summed E-state index contributed by atoms with van der Waals surface area (Å²) in [6.07, 6.45) is 5.49.